The molecular weight excluding hydrogens is 302 g/mol. The van der Waals surface area contributed by atoms with Crippen molar-refractivity contribution in [2.24, 2.45) is 5.73 Å². The number of pyridine rings is 2. The molecule has 0 radical (unpaired) electrons. The van der Waals surface area contributed by atoms with Crippen molar-refractivity contribution < 1.29 is 0 Å². The van der Waals surface area contributed by atoms with Gasteiger partial charge in [0.2, 0.25) is 0 Å². The molecule has 0 aliphatic rings. The fourth-order valence-corrected chi connectivity index (χ4v) is 2.37. The van der Waals surface area contributed by atoms with E-state index in [-0.39, 0.29) is 6.04 Å². The number of benzene rings is 1. The van der Waals surface area contributed by atoms with Gasteiger partial charge in [0, 0.05) is 28.4 Å². The maximum Gasteiger partial charge on any atom is 0.0732 e. The summed E-state index contributed by atoms with van der Waals surface area (Å²) >= 11 is 3.38. The minimum atomic E-state index is -0.249. The molecule has 19 heavy (non-hydrogen) atoms. The van der Waals surface area contributed by atoms with Crippen molar-refractivity contribution >= 4 is 26.7 Å². The predicted molar refractivity (Wildman–Crippen MR) is 79.7 cm³/mol. The number of hydrogen-bond donors (Lipinski definition) is 1. The predicted octanol–water partition coefficient (Wildman–Crippen LogP) is 3.44. The van der Waals surface area contributed by atoms with E-state index in [9.17, 15) is 0 Å². The van der Waals surface area contributed by atoms with E-state index in [0.717, 1.165) is 26.5 Å². The Balaban J connectivity index is 2.11. The molecule has 0 fully saturated rings. The SMILES string of the molecule is NC(c1ccc(Br)cn1)c1cccc2ccncc12. The second-order valence-electron chi connectivity index (χ2n) is 4.32. The van der Waals surface area contributed by atoms with Crippen LogP contribution in [0.3, 0.4) is 0 Å². The van der Waals surface area contributed by atoms with E-state index in [1.54, 1.807) is 12.4 Å². The molecule has 0 spiro atoms. The smallest absolute Gasteiger partial charge is 0.0732 e. The van der Waals surface area contributed by atoms with Crippen LogP contribution in [0.4, 0.5) is 0 Å². The normalized spacial score (nSPS) is 12.5. The van der Waals surface area contributed by atoms with Crippen molar-refractivity contribution in [1.82, 2.24) is 9.97 Å². The third-order valence-electron chi connectivity index (χ3n) is 3.12. The van der Waals surface area contributed by atoms with Gasteiger partial charge in [-0.1, -0.05) is 18.2 Å². The zero-order chi connectivity index (χ0) is 13.2. The first-order valence-electron chi connectivity index (χ1n) is 5.95. The molecule has 1 atom stereocenters. The zero-order valence-electron chi connectivity index (χ0n) is 10.1. The molecule has 0 aliphatic carbocycles. The standard InChI is InChI=1S/C15H12BrN3/c16-11-4-5-14(19-8-11)15(17)12-3-1-2-10-6-7-18-9-13(10)12/h1-9,15H,17H2. The van der Waals surface area contributed by atoms with Gasteiger partial charge in [-0.05, 0) is 45.1 Å². The summed E-state index contributed by atoms with van der Waals surface area (Å²) in [5, 5.41) is 2.21. The average Bonchev–Trinajstić information content (AvgIpc) is 2.47. The summed E-state index contributed by atoms with van der Waals surface area (Å²) in [7, 11) is 0. The van der Waals surface area contributed by atoms with E-state index in [2.05, 4.69) is 32.0 Å². The molecule has 0 aliphatic heterocycles. The van der Waals surface area contributed by atoms with Crippen molar-refractivity contribution in [1.29, 1.82) is 0 Å². The Kier molecular flexibility index (Phi) is 3.27. The van der Waals surface area contributed by atoms with Crippen molar-refractivity contribution in [3.8, 4) is 0 Å². The maximum atomic E-state index is 6.33. The summed E-state index contributed by atoms with van der Waals surface area (Å²) in [5.74, 6) is 0. The lowest BCUT2D eigenvalue weighted by Crippen LogP contribution is -2.13. The first kappa shape index (κ1) is 12.3. The van der Waals surface area contributed by atoms with Crippen LogP contribution in [0.2, 0.25) is 0 Å². The fraction of sp³-hybridized carbons (Fsp3) is 0.0667. The average molecular weight is 314 g/mol. The maximum absolute atomic E-state index is 6.33. The van der Waals surface area contributed by atoms with Crippen molar-refractivity contribution in [3.05, 3.63) is 70.7 Å². The van der Waals surface area contributed by atoms with Gasteiger partial charge in [-0.3, -0.25) is 9.97 Å². The van der Waals surface area contributed by atoms with Crippen LogP contribution in [-0.2, 0) is 0 Å². The Morgan fingerprint density at radius 2 is 1.95 bits per heavy atom. The summed E-state index contributed by atoms with van der Waals surface area (Å²) in [6.45, 7) is 0. The van der Waals surface area contributed by atoms with E-state index >= 15 is 0 Å². The van der Waals surface area contributed by atoms with Gasteiger partial charge in [0.1, 0.15) is 0 Å². The van der Waals surface area contributed by atoms with Crippen LogP contribution in [-0.4, -0.2) is 9.97 Å². The van der Waals surface area contributed by atoms with Crippen LogP contribution in [0, 0.1) is 0 Å². The molecule has 0 amide bonds. The van der Waals surface area contributed by atoms with Crippen LogP contribution >= 0.6 is 15.9 Å². The van der Waals surface area contributed by atoms with Gasteiger partial charge in [0.15, 0.2) is 0 Å². The van der Waals surface area contributed by atoms with Crippen molar-refractivity contribution in [2.45, 2.75) is 6.04 Å². The lowest BCUT2D eigenvalue weighted by molar-refractivity contribution is 0.835. The van der Waals surface area contributed by atoms with Gasteiger partial charge < -0.3 is 5.73 Å². The van der Waals surface area contributed by atoms with Crippen LogP contribution in [0.25, 0.3) is 10.8 Å². The summed E-state index contributed by atoms with van der Waals surface area (Å²) in [6.07, 6.45) is 5.40. The highest BCUT2D eigenvalue weighted by Gasteiger charge is 2.13. The molecule has 4 heteroatoms. The van der Waals surface area contributed by atoms with Crippen molar-refractivity contribution in [3.63, 3.8) is 0 Å². The number of rotatable bonds is 2. The van der Waals surface area contributed by atoms with Gasteiger partial charge >= 0.3 is 0 Å². The molecule has 94 valence electrons. The van der Waals surface area contributed by atoms with Gasteiger partial charge in [-0.25, -0.2) is 0 Å². The molecule has 2 N–H and O–H groups in total. The van der Waals surface area contributed by atoms with Crippen LogP contribution in [0.15, 0.2) is 59.5 Å². The number of fused-ring (bicyclic) bond motifs is 1. The highest BCUT2D eigenvalue weighted by atomic mass is 79.9. The lowest BCUT2D eigenvalue weighted by Gasteiger charge is -2.14. The van der Waals surface area contributed by atoms with Crippen LogP contribution in [0.1, 0.15) is 17.3 Å². The minimum Gasteiger partial charge on any atom is -0.319 e. The van der Waals surface area contributed by atoms with E-state index < -0.39 is 0 Å². The van der Waals surface area contributed by atoms with Crippen LogP contribution < -0.4 is 5.73 Å². The number of nitrogens with two attached hydrogens (primary N) is 1. The van der Waals surface area contributed by atoms with Gasteiger partial charge in [0.25, 0.3) is 0 Å². The minimum absolute atomic E-state index is 0.249. The van der Waals surface area contributed by atoms with E-state index in [1.807, 2.05) is 36.5 Å². The Labute approximate surface area is 119 Å². The molecule has 0 saturated carbocycles. The molecule has 0 saturated heterocycles. The Bertz CT molecular complexity index is 705. The summed E-state index contributed by atoms with van der Waals surface area (Å²) in [5.41, 5.74) is 8.22. The number of hydrogen-bond acceptors (Lipinski definition) is 3. The summed E-state index contributed by atoms with van der Waals surface area (Å²) in [4.78, 5) is 8.55. The van der Waals surface area contributed by atoms with Crippen molar-refractivity contribution in [2.75, 3.05) is 0 Å². The van der Waals surface area contributed by atoms with E-state index in [0.29, 0.717) is 0 Å². The molecule has 1 unspecified atom stereocenters. The Morgan fingerprint density at radius 1 is 1.05 bits per heavy atom. The van der Waals surface area contributed by atoms with Gasteiger partial charge in [-0.15, -0.1) is 0 Å². The molecule has 2 heterocycles. The van der Waals surface area contributed by atoms with Gasteiger partial charge in [-0.2, -0.15) is 0 Å². The monoisotopic (exact) mass is 313 g/mol. The summed E-state index contributed by atoms with van der Waals surface area (Å²) in [6, 6.07) is 11.7. The third kappa shape index (κ3) is 2.37. The Morgan fingerprint density at radius 3 is 2.74 bits per heavy atom. The molecular formula is C15H12BrN3. The third-order valence-corrected chi connectivity index (χ3v) is 3.59. The summed E-state index contributed by atoms with van der Waals surface area (Å²) < 4.78 is 0.947. The highest BCUT2D eigenvalue weighted by Crippen LogP contribution is 2.26. The first-order chi connectivity index (χ1) is 9.25. The molecule has 3 nitrogen and oxygen atoms in total. The Hall–Kier alpha value is -1.78. The van der Waals surface area contributed by atoms with Crippen LogP contribution in [0.5, 0.6) is 0 Å². The molecule has 3 aromatic rings. The van der Waals surface area contributed by atoms with E-state index in [4.69, 9.17) is 5.73 Å². The topological polar surface area (TPSA) is 51.8 Å². The number of halogens is 1. The quantitative estimate of drug-likeness (QED) is 0.788. The largest absolute Gasteiger partial charge is 0.319 e. The zero-order valence-corrected chi connectivity index (χ0v) is 11.7. The first-order valence-corrected chi connectivity index (χ1v) is 6.74. The second-order valence-corrected chi connectivity index (χ2v) is 5.24. The van der Waals surface area contributed by atoms with Gasteiger partial charge in [0.05, 0.1) is 11.7 Å². The molecule has 3 rings (SSSR count). The highest BCUT2D eigenvalue weighted by molar-refractivity contribution is 9.10. The number of nitrogens with zero attached hydrogens (tertiary/aromatic N) is 2. The van der Waals surface area contributed by atoms with E-state index in [1.165, 1.54) is 0 Å². The lowest BCUT2D eigenvalue weighted by atomic mass is 9.98. The number of aromatic nitrogens is 2. The second kappa shape index (κ2) is 5.07. The molecule has 2 aromatic heterocycles. The molecule has 0 bridgehead atoms. The fourth-order valence-electron chi connectivity index (χ4n) is 2.14. The molecule has 1 aromatic carbocycles.